The van der Waals surface area contributed by atoms with Crippen molar-refractivity contribution in [1.29, 1.82) is 0 Å². The zero-order valence-electron chi connectivity index (χ0n) is 21.0. The Kier molecular flexibility index (Phi) is 8.03. The maximum absolute atomic E-state index is 12.1. The molecular formula is C27H40N2O3Si. The fourth-order valence-corrected chi connectivity index (χ4v) is 9.42. The first kappa shape index (κ1) is 25.5. The van der Waals surface area contributed by atoms with E-state index in [1.807, 2.05) is 20.8 Å². The lowest BCUT2D eigenvalue weighted by atomic mass is 10.0. The van der Waals surface area contributed by atoms with Crippen molar-refractivity contribution in [2.24, 2.45) is 0 Å². The highest BCUT2D eigenvalue weighted by molar-refractivity contribution is 6.99. The van der Waals surface area contributed by atoms with Gasteiger partial charge < -0.3 is 19.8 Å². The number of amides is 1. The molecule has 0 unspecified atom stereocenters. The zero-order chi connectivity index (χ0) is 24.1. The van der Waals surface area contributed by atoms with E-state index >= 15 is 0 Å². The van der Waals surface area contributed by atoms with E-state index in [9.17, 15) is 4.79 Å². The van der Waals surface area contributed by atoms with Gasteiger partial charge in [-0.1, -0.05) is 81.4 Å². The van der Waals surface area contributed by atoms with E-state index in [-0.39, 0.29) is 23.3 Å². The average Bonchev–Trinajstić information content (AvgIpc) is 2.75. The molecule has 1 aliphatic heterocycles. The van der Waals surface area contributed by atoms with Crippen molar-refractivity contribution in [2.75, 3.05) is 13.1 Å². The first-order valence-electron chi connectivity index (χ1n) is 12.0. The van der Waals surface area contributed by atoms with Gasteiger partial charge in [-0.2, -0.15) is 0 Å². The fourth-order valence-electron chi connectivity index (χ4n) is 4.69. The van der Waals surface area contributed by atoms with Gasteiger partial charge in [0.15, 0.2) is 0 Å². The molecule has 1 heterocycles. The Morgan fingerprint density at radius 1 is 0.970 bits per heavy atom. The Labute approximate surface area is 200 Å². The summed E-state index contributed by atoms with van der Waals surface area (Å²) in [4.78, 5) is 12.1. The van der Waals surface area contributed by atoms with Crippen LogP contribution in [-0.4, -0.2) is 45.2 Å². The largest absolute Gasteiger partial charge is 0.444 e. The van der Waals surface area contributed by atoms with Crippen molar-refractivity contribution in [3.63, 3.8) is 0 Å². The number of ether oxygens (including phenoxy) is 1. The van der Waals surface area contributed by atoms with Gasteiger partial charge in [-0.25, -0.2) is 4.79 Å². The van der Waals surface area contributed by atoms with Gasteiger partial charge in [0.2, 0.25) is 0 Å². The highest BCUT2D eigenvalue weighted by Crippen LogP contribution is 2.38. The summed E-state index contributed by atoms with van der Waals surface area (Å²) < 4.78 is 12.7. The van der Waals surface area contributed by atoms with Crippen molar-refractivity contribution in [1.82, 2.24) is 10.6 Å². The summed E-state index contributed by atoms with van der Waals surface area (Å²) in [6.07, 6.45) is 1.54. The summed E-state index contributed by atoms with van der Waals surface area (Å²) in [5, 5.41) is 9.00. The van der Waals surface area contributed by atoms with Crippen LogP contribution in [0.2, 0.25) is 5.04 Å². The summed E-state index contributed by atoms with van der Waals surface area (Å²) >= 11 is 0. The molecule has 5 nitrogen and oxygen atoms in total. The van der Waals surface area contributed by atoms with E-state index in [4.69, 9.17) is 9.16 Å². The Morgan fingerprint density at radius 3 is 2.00 bits per heavy atom. The molecule has 33 heavy (non-hydrogen) atoms. The molecule has 0 radical (unpaired) electrons. The number of carbonyl (C=O) groups excluding carboxylic acids is 1. The predicted octanol–water partition coefficient (Wildman–Crippen LogP) is 4.21. The second kappa shape index (κ2) is 10.4. The van der Waals surface area contributed by atoms with Crippen LogP contribution in [0.4, 0.5) is 4.79 Å². The van der Waals surface area contributed by atoms with Crippen LogP contribution in [0.1, 0.15) is 54.4 Å². The van der Waals surface area contributed by atoms with Crippen LogP contribution in [-0.2, 0) is 9.16 Å². The predicted molar refractivity (Wildman–Crippen MR) is 138 cm³/mol. The molecule has 1 amide bonds. The average molecular weight is 469 g/mol. The van der Waals surface area contributed by atoms with Gasteiger partial charge in [-0.15, -0.1) is 0 Å². The van der Waals surface area contributed by atoms with E-state index in [1.54, 1.807) is 0 Å². The molecule has 2 aromatic rings. The summed E-state index contributed by atoms with van der Waals surface area (Å²) in [6, 6.07) is 21.7. The topological polar surface area (TPSA) is 59.6 Å². The third-order valence-electron chi connectivity index (χ3n) is 6.10. The van der Waals surface area contributed by atoms with Crippen LogP contribution in [0.3, 0.4) is 0 Å². The normalized spacial score (nSPS) is 19.7. The second-order valence-electron chi connectivity index (χ2n) is 11.0. The number of rotatable bonds is 6. The van der Waals surface area contributed by atoms with E-state index in [0.29, 0.717) is 6.54 Å². The standard InChI is InChI=1S/C27H40N2O3Si/c1-26(2,3)31-25(30)29-20-21-19-22(17-18-28-21)32-33(27(4,5)6,23-13-9-7-10-14-23)24-15-11-8-12-16-24/h7-16,21-22,28H,17-20H2,1-6H3,(H,29,30)/t21-,22+/m1/s1. The quantitative estimate of drug-likeness (QED) is 0.624. The molecule has 0 saturated carbocycles. The minimum Gasteiger partial charge on any atom is -0.444 e. The van der Waals surface area contributed by atoms with Gasteiger partial charge in [-0.05, 0) is 55.6 Å². The van der Waals surface area contributed by atoms with Gasteiger partial charge in [-0.3, -0.25) is 0 Å². The Balaban J connectivity index is 1.82. The van der Waals surface area contributed by atoms with E-state index in [1.165, 1.54) is 10.4 Å². The van der Waals surface area contributed by atoms with Crippen LogP contribution in [0.15, 0.2) is 60.7 Å². The molecule has 0 spiro atoms. The van der Waals surface area contributed by atoms with Crippen LogP contribution in [0.5, 0.6) is 0 Å². The van der Waals surface area contributed by atoms with E-state index < -0.39 is 13.9 Å². The molecule has 1 saturated heterocycles. The summed E-state index contributed by atoms with van der Waals surface area (Å²) in [5.41, 5.74) is -0.501. The van der Waals surface area contributed by atoms with Gasteiger partial charge in [0.05, 0.1) is 0 Å². The third kappa shape index (κ3) is 6.46. The monoisotopic (exact) mass is 468 g/mol. The number of piperidine rings is 1. The van der Waals surface area contributed by atoms with Gasteiger partial charge in [0.1, 0.15) is 5.60 Å². The Bertz CT molecular complexity index is 852. The molecular weight excluding hydrogens is 428 g/mol. The minimum absolute atomic E-state index is 0.0508. The first-order valence-corrected chi connectivity index (χ1v) is 13.9. The molecule has 1 fully saturated rings. The van der Waals surface area contributed by atoms with Gasteiger partial charge >= 0.3 is 6.09 Å². The number of hydrogen-bond donors (Lipinski definition) is 2. The zero-order valence-corrected chi connectivity index (χ0v) is 22.0. The number of carbonyl (C=O) groups is 1. The molecule has 3 rings (SSSR count). The van der Waals surface area contributed by atoms with Crippen molar-refractivity contribution in [2.45, 2.75) is 77.2 Å². The molecule has 2 N–H and O–H groups in total. The van der Waals surface area contributed by atoms with E-state index in [2.05, 4.69) is 92.1 Å². The number of alkyl carbamates (subject to hydrolysis) is 1. The smallest absolute Gasteiger partial charge is 0.407 e. The molecule has 1 aliphatic rings. The number of hydrogen-bond acceptors (Lipinski definition) is 4. The van der Waals surface area contributed by atoms with Crippen LogP contribution >= 0.6 is 0 Å². The lowest BCUT2D eigenvalue weighted by Crippen LogP contribution is -2.68. The minimum atomic E-state index is -2.58. The highest BCUT2D eigenvalue weighted by Gasteiger charge is 2.51. The third-order valence-corrected chi connectivity index (χ3v) is 11.2. The van der Waals surface area contributed by atoms with Crippen molar-refractivity contribution >= 4 is 24.8 Å². The van der Waals surface area contributed by atoms with Crippen molar-refractivity contribution in [3.8, 4) is 0 Å². The fraction of sp³-hybridized carbons (Fsp3) is 0.519. The second-order valence-corrected chi connectivity index (χ2v) is 15.2. The van der Waals surface area contributed by atoms with Crippen LogP contribution in [0, 0.1) is 0 Å². The molecule has 2 aromatic carbocycles. The molecule has 6 heteroatoms. The highest BCUT2D eigenvalue weighted by atomic mass is 28.4. The van der Waals surface area contributed by atoms with Crippen LogP contribution in [0.25, 0.3) is 0 Å². The summed E-state index contributed by atoms with van der Waals surface area (Å²) in [7, 11) is -2.58. The Morgan fingerprint density at radius 2 is 1.52 bits per heavy atom. The maximum Gasteiger partial charge on any atom is 0.407 e. The Hall–Kier alpha value is -2.15. The number of benzene rings is 2. The van der Waals surface area contributed by atoms with Crippen molar-refractivity contribution in [3.05, 3.63) is 60.7 Å². The van der Waals surface area contributed by atoms with Gasteiger partial charge in [0, 0.05) is 18.7 Å². The number of nitrogens with one attached hydrogen (secondary N) is 2. The SMILES string of the molecule is CC(C)(C)OC(=O)NC[C@H]1C[C@@H](O[Si](c2ccccc2)(c2ccccc2)C(C)(C)C)CCN1. The molecule has 0 aliphatic carbocycles. The summed E-state index contributed by atoms with van der Waals surface area (Å²) in [5.74, 6) is 0. The van der Waals surface area contributed by atoms with Crippen LogP contribution < -0.4 is 21.0 Å². The lowest BCUT2D eigenvalue weighted by Gasteiger charge is -2.46. The lowest BCUT2D eigenvalue weighted by molar-refractivity contribution is 0.0510. The van der Waals surface area contributed by atoms with Crippen molar-refractivity contribution < 1.29 is 14.0 Å². The summed E-state index contributed by atoms with van der Waals surface area (Å²) in [6.45, 7) is 13.9. The molecule has 0 aromatic heterocycles. The van der Waals surface area contributed by atoms with E-state index in [0.717, 1.165) is 19.4 Å². The molecule has 2 atom stereocenters. The molecule has 0 bridgehead atoms. The first-order chi connectivity index (χ1) is 15.5. The van der Waals surface area contributed by atoms with Gasteiger partial charge in [0.25, 0.3) is 8.32 Å². The molecule has 180 valence electrons. The maximum atomic E-state index is 12.1.